The third-order valence-corrected chi connectivity index (χ3v) is 4.32. The first-order valence-electron chi connectivity index (χ1n) is 8.44. The summed E-state index contributed by atoms with van der Waals surface area (Å²) in [5.41, 5.74) is 1.14. The molecule has 28 heavy (non-hydrogen) atoms. The highest BCUT2D eigenvalue weighted by Gasteiger charge is 2.18. The molecule has 0 saturated carbocycles. The van der Waals surface area contributed by atoms with Crippen LogP contribution >= 0.6 is 11.6 Å². The molecule has 1 N–H and O–H groups in total. The van der Waals surface area contributed by atoms with Crippen LogP contribution in [-0.4, -0.2) is 40.5 Å². The number of fused-ring (bicyclic) bond motifs is 1. The number of hydrogen-bond acceptors (Lipinski definition) is 6. The number of halogens is 1. The summed E-state index contributed by atoms with van der Waals surface area (Å²) in [6, 6.07) is 6.72. The second-order valence-corrected chi connectivity index (χ2v) is 6.16. The van der Waals surface area contributed by atoms with Gasteiger partial charge in [0.05, 0.1) is 32.0 Å². The summed E-state index contributed by atoms with van der Waals surface area (Å²) in [6.07, 6.45) is 3.03. The van der Waals surface area contributed by atoms with Gasteiger partial charge in [0.15, 0.2) is 23.0 Å². The Morgan fingerprint density at radius 1 is 1.00 bits per heavy atom. The molecule has 0 saturated heterocycles. The van der Waals surface area contributed by atoms with Gasteiger partial charge in [0.25, 0.3) is 0 Å². The lowest BCUT2D eigenvalue weighted by atomic mass is 10.1. The number of amides is 1. The molecule has 1 aliphatic rings. The van der Waals surface area contributed by atoms with Crippen molar-refractivity contribution in [1.82, 2.24) is 0 Å². The molecule has 1 heterocycles. The average Bonchev–Trinajstić information content (AvgIpc) is 2.72. The lowest BCUT2D eigenvalue weighted by molar-refractivity contribution is -0.111. The van der Waals surface area contributed by atoms with E-state index in [-0.39, 0.29) is 5.91 Å². The number of rotatable bonds is 6. The molecular weight excluding hydrogens is 386 g/mol. The Hall–Kier alpha value is -3.06. The van der Waals surface area contributed by atoms with Crippen molar-refractivity contribution in [3.8, 4) is 28.7 Å². The van der Waals surface area contributed by atoms with E-state index in [1.165, 1.54) is 20.3 Å². The molecule has 2 aromatic rings. The van der Waals surface area contributed by atoms with Gasteiger partial charge in [-0.25, -0.2) is 0 Å². The fraction of sp³-hybridized carbons (Fsp3) is 0.250. The number of nitrogens with one attached hydrogen (secondary N) is 1. The number of benzene rings is 2. The van der Waals surface area contributed by atoms with Crippen LogP contribution in [-0.2, 0) is 4.79 Å². The van der Waals surface area contributed by atoms with Crippen molar-refractivity contribution in [2.24, 2.45) is 0 Å². The van der Waals surface area contributed by atoms with Crippen molar-refractivity contribution in [2.75, 3.05) is 39.9 Å². The summed E-state index contributed by atoms with van der Waals surface area (Å²) in [4.78, 5) is 12.3. The van der Waals surface area contributed by atoms with E-state index in [0.29, 0.717) is 52.7 Å². The predicted octanol–water partition coefficient (Wildman–Crippen LogP) is 3.79. The molecule has 0 fully saturated rings. The number of methoxy groups -OCH3 is 3. The van der Waals surface area contributed by atoms with Crippen LogP contribution in [0.5, 0.6) is 28.7 Å². The van der Waals surface area contributed by atoms with E-state index in [9.17, 15) is 4.79 Å². The predicted molar refractivity (Wildman–Crippen MR) is 106 cm³/mol. The van der Waals surface area contributed by atoms with E-state index in [1.807, 2.05) is 0 Å². The smallest absolute Gasteiger partial charge is 0.248 e. The van der Waals surface area contributed by atoms with E-state index >= 15 is 0 Å². The Kier molecular flexibility index (Phi) is 6.16. The summed E-state index contributed by atoms with van der Waals surface area (Å²) in [6.45, 7) is 0.925. The Balaban J connectivity index is 1.77. The van der Waals surface area contributed by atoms with Crippen LogP contribution in [0.3, 0.4) is 0 Å². The van der Waals surface area contributed by atoms with Crippen LogP contribution in [0.25, 0.3) is 6.08 Å². The molecule has 8 heteroatoms. The highest BCUT2D eigenvalue weighted by Crippen LogP contribution is 2.40. The van der Waals surface area contributed by atoms with Gasteiger partial charge in [0.1, 0.15) is 13.2 Å². The topological polar surface area (TPSA) is 75.3 Å². The molecule has 0 radical (unpaired) electrons. The van der Waals surface area contributed by atoms with E-state index in [1.54, 1.807) is 37.5 Å². The second-order valence-electron chi connectivity index (χ2n) is 5.76. The van der Waals surface area contributed by atoms with Crippen LogP contribution in [0.1, 0.15) is 5.56 Å². The number of hydrogen-bond donors (Lipinski definition) is 1. The summed E-state index contributed by atoms with van der Waals surface area (Å²) in [5.74, 6) is 2.26. The minimum atomic E-state index is -0.358. The molecule has 0 aliphatic carbocycles. The van der Waals surface area contributed by atoms with Gasteiger partial charge in [-0.1, -0.05) is 11.6 Å². The third-order valence-electron chi connectivity index (χ3n) is 4.01. The van der Waals surface area contributed by atoms with Crippen molar-refractivity contribution in [1.29, 1.82) is 0 Å². The van der Waals surface area contributed by atoms with Crippen molar-refractivity contribution in [3.63, 3.8) is 0 Å². The number of ether oxygens (including phenoxy) is 5. The standard InChI is InChI=1S/C20H20ClNO6/c1-24-15-10-13(21)14(11-16(15)25-2)22-19(23)5-4-12-8-17(26-3)20-18(9-12)27-6-7-28-20/h4-5,8-11H,6-7H2,1-3H3,(H,22,23)/b5-4+. The quantitative estimate of drug-likeness (QED) is 0.737. The highest BCUT2D eigenvalue weighted by atomic mass is 35.5. The van der Waals surface area contributed by atoms with Crippen molar-refractivity contribution >= 4 is 29.3 Å². The SMILES string of the molecule is COc1cc(Cl)c(NC(=O)/C=C/c2cc(OC)c3c(c2)OCCO3)cc1OC. The van der Waals surface area contributed by atoms with Crippen LogP contribution < -0.4 is 29.0 Å². The molecule has 148 valence electrons. The average molecular weight is 406 g/mol. The Labute approximate surface area is 167 Å². The van der Waals surface area contributed by atoms with Crippen molar-refractivity contribution in [2.45, 2.75) is 0 Å². The van der Waals surface area contributed by atoms with E-state index in [4.69, 9.17) is 35.3 Å². The molecular formula is C20H20ClNO6. The van der Waals surface area contributed by atoms with E-state index < -0.39 is 0 Å². The molecule has 0 bridgehead atoms. The molecule has 0 aromatic heterocycles. The minimum absolute atomic E-state index is 0.334. The highest BCUT2D eigenvalue weighted by molar-refractivity contribution is 6.34. The zero-order chi connectivity index (χ0) is 20.1. The lowest BCUT2D eigenvalue weighted by Gasteiger charge is -2.20. The van der Waals surface area contributed by atoms with Crippen molar-refractivity contribution < 1.29 is 28.5 Å². The van der Waals surface area contributed by atoms with Gasteiger partial charge >= 0.3 is 0 Å². The second kappa shape index (κ2) is 8.75. The van der Waals surface area contributed by atoms with Crippen LogP contribution in [0.2, 0.25) is 5.02 Å². The summed E-state index contributed by atoms with van der Waals surface area (Å²) in [7, 11) is 4.57. The summed E-state index contributed by atoms with van der Waals surface area (Å²) in [5, 5.41) is 3.05. The maximum Gasteiger partial charge on any atom is 0.248 e. The minimum Gasteiger partial charge on any atom is -0.493 e. The first kappa shape index (κ1) is 19.7. The molecule has 7 nitrogen and oxygen atoms in total. The molecule has 2 aromatic carbocycles. The van der Waals surface area contributed by atoms with Crippen molar-refractivity contribution in [3.05, 3.63) is 40.9 Å². The van der Waals surface area contributed by atoms with Crippen LogP contribution in [0.15, 0.2) is 30.3 Å². The molecule has 0 spiro atoms. The third kappa shape index (κ3) is 4.26. The van der Waals surface area contributed by atoms with Gasteiger partial charge in [-0.05, 0) is 23.8 Å². The van der Waals surface area contributed by atoms with E-state index in [2.05, 4.69) is 5.32 Å². The molecule has 0 atom stereocenters. The Morgan fingerprint density at radius 3 is 2.39 bits per heavy atom. The monoisotopic (exact) mass is 405 g/mol. The zero-order valence-electron chi connectivity index (χ0n) is 15.7. The van der Waals surface area contributed by atoms with E-state index in [0.717, 1.165) is 5.56 Å². The first-order chi connectivity index (χ1) is 13.5. The maximum atomic E-state index is 12.3. The Bertz CT molecular complexity index is 895. The van der Waals surface area contributed by atoms with Crippen LogP contribution in [0, 0.1) is 0 Å². The summed E-state index contributed by atoms with van der Waals surface area (Å²) >= 11 is 6.20. The normalized spacial score (nSPS) is 12.6. The summed E-state index contributed by atoms with van der Waals surface area (Å²) < 4.78 is 26.9. The molecule has 0 unspecified atom stereocenters. The fourth-order valence-corrected chi connectivity index (χ4v) is 2.89. The maximum absolute atomic E-state index is 12.3. The van der Waals surface area contributed by atoms with Gasteiger partial charge in [0, 0.05) is 18.2 Å². The lowest BCUT2D eigenvalue weighted by Crippen LogP contribution is -2.16. The van der Waals surface area contributed by atoms with Gasteiger partial charge in [-0.15, -0.1) is 0 Å². The van der Waals surface area contributed by atoms with Crippen LogP contribution in [0.4, 0.5) is 5.69 Å². The van der Waals surface area contributed by atoms with Gasteiger partial charge in [-0.3, -0.25) is 4.79 Å². The fourth-order valence-electron chi connectivity index (χ4n) is 2.69. The number of anilines is 1. The first-order valence-corrected chi connectivity index (χ1v) is 8.81. The molecule has 1 aliphatic heterocycles. The van der Waals surface area contributed by atoms with Gasteiger partial charge in [0.2, 0.25) is 11.7 Å². The number of carbonyl (C=O) groups excluding carboxylic acids is 1. The van der Waals surface area contributed by atoms with Gasteiger partial charge < -0.3 is 29.0 Å². The molecule has 3 rings (SSSR count). The zero-order valence-corrected chi connectivity index (χ0v) is 16.5. The Morgan fingerprint density at radius 2 is 1.68 bits per heavy atom. The largest absolute Gasteiger partial charge is 0.493 e. The molecule has 1 amide bonds. The van der Waals surface area contributed by atoms with Gasteiger partial charge in [-0.2, -0.15) is 0 Å². The number of carbonyl (C=O) groups is 1.